The van der Waals surface area contributed by atoms with Gasteiger partial charge in [0.2, 0.25) is 0 Å². The first kappa shape index (κ1) is 21.7. The number of nitrogens with zero attached hydrogens (tertiary/aromatic N) is 3. The van der Waals surface area contributed by atoms with Gasteiger partial charge in [-0.3, -0.25) is 4.79 Å². The number of hydrogen-bond acceptors (Lipinski definition) is 3. The molecule has 170 valence electrons. The third kappa shape index (κ3) is 3.63. The van der Waals surface area contributed by atoms with E-state index >= 15 is 0 Å². The van der Waals surface area contributed by atoms with Crippen molar-refractivity contribution in [2.24, 2.45) is 5.92 Å². The number of rotatable bonds is 4. The van der Waals surface area contributed by atoms with Crippen LogP contribution >= 0.6 is 0 Å². The summed E-state index contributed by atoms with van der Waals surface area (Å²) in [7, 11) is 1.80. The monoisotopic (exact) mass is 441 g/mol. The molecule has 1 amide bonds. The predicted molar refractivity (Wildman–Crippen MR) is 130 cm³/mol. The molecular formula is C28H31N3O2. The van der Waals surface area contributed by atoms with Crippen molar-refractivity contribution in [1.29, 1.82) is 5.26 Å². The summed E-state index contributed by atoms with van der Waals surface area (Å²) < 4.78 is 7.92. The van der Waals surface area contributed by atoms with Crippen molar-refractivity contribution in [3.05, 3.63) is 65.9 Å². The number of ether oxygens (including phenoxy) is 1. The molecule has 5 nitrogen and oxygen atoms in total. The minimum Gasteiger partial charge on any atom is -0.376 e. The van der Waals surface area contributed by atoms with Gasteiger partial charge < -0.3 is 14.2 Å². The highest BCUT2D eigenvalue weighted by molar-refractivity contribution is 6.08. The highest BCUT2D eigenvalue weighted by Crippen LogP contribution is 2.52. The smallest absolute Gasteiger partial charge is 0.274 e. The van der Waals surface area contributed by atoms with Gasteiger partial charge in [0.25, 0.3) is 5.91 Å². The van der Waals surface area contributed by atoms with Crippen LogP contribution in [-0.4, -0.2) is 29.7 Å². The largest absolute Gasteiger partial charge is 0.376 e. The third-order valence-electron chi connectivity index (χ3n) is 7.53. The summed E-state index contributed by atoms with van der Waals surface area (Å²) in [4.78, 5) is 15.4. The van der Waals surface area contributed by atoms with Gasteiger partial charge in [0.05, 0.1) is 17.2 Å². The lowest BCUT2D eigenvalue weighted by atomic mass is 9.83. The molecule has 3 aromatic rings. The van der Waals surface area contributed by atoms with Crippen LogP contribution in [0.25, 0.3) is 10.9 Å². The van der Waals surface area contributed by atoms with E-state index in [0.717, 1.165) is 42.5 Å². The van der Waals surface area contributed by atoms with E-state index in [1.165, 1.54) is 5.56 Å². The van der Waals surface area contributed by atoms with E-state index < -0.39 is 5.54 Å². The zero-order chi connectivity index (χ0) is 23.4. The number of para-hydroxylation sites is 1. The van der Waals surface area contributed by atoms with E-state index in [1.807, 2.05) is 41.0 Å². The van der Waals surface area contributed by atoms with Crippen LogP contribution in [0, 0.1) is 17.2 Å². The van der Waals surface area contributed by atoms with Crippen molar-refractivity contribution in [3.63, 3.8) is 0 Å². The summed E-state index contributed by atoms with van der Waals surface area (Å²) in [5.74, 6) is 0.542. The Bertz CT molecular complexity index is 1250. The maximum Gasteiger partial charge on any atom is 0.274 e. The fourth-order valence-electron chi connectivity index (χ4n) is 5.46. The Morgan fingerprint density at radius 3 is 2.52 bits per heavy atom. The van der Waals surface area contributed by atoms with Crippen molar-refractivity contribution in [3.8, 4) is 6.07 Å². The molecule has 3 atom stereocenters. The minimum atomic E-state index is -0.660. The molecule has 5 rings (SSSR count). The van der Waals surface area contributed by atoms with Gasteiger partial charge in [0.15, 0.2) is 0 Å². The fourth-order valence-corrected chi connectivity index (χ4v) is 5.46. The molecule has 1 saturated carbocycles. The van der Waals surface area contributed by atoms with Crippen LogP contribution < -0.4 is 4.90 Å². The fraction of sp³-hybridized carbons (Fsp3) is 0.429. The number of fused-ring (bicyclic) bond motifs is 1. The number of benzene rings is 2. The van der Waals surface area contributed by atoms with Gasteiger partial charge in [-0.25, -0.2) is 0 Å². The second-order valence-corrected chi connectivity index (χ2v) is 10.3. The summed E-state index contributed by atoms with van der Waals surface area (Å²) >= 11 is 0. The van der Waals surface area contributed by atoms with Crippen LogP contribution in [-0.2, 0) is 10.3 Å². The second kappa shape index (κ2) is 7.74. The molecule has 0 radical (unpaired) electrons. The standard InChI is InChI=1S/C28H31N3O2/c1-19-16-28(19,18-29)31-24-11-10-20(21-12-13-33-27(2,3)17-21)14-22(24)15-25(31)26(32)30(4)23-8-6-5-7-9-23/h5-11,14-15,19,21H,12-13,16-17H2,1-4H3/t19-,21-,28-/m0/s1. The molecule has 1 aromatic heterocycles. The Morgan fingerprint density at radius 1 is 1.15 bits per heavy atom. The third-order valence-corrected chi connectivity index (χ3v) is 7.53. The second-order valence-electron chi connectivity index (χ2n) is 10.3. The zero-order valence-corrected chi connectivity index (χ0v) is 19.8. The lowest BCUT2D eigenvalue weighted by Crippen LogP contribution is -2.33. The Morgan fingerprint density at radius 2 is 1.88 bits per heavy atom. The summed E-state index contributed by atoms with van der Waals surface area (Å²) in [5, 5.41) is 11.1. The van der Waals surface area contributed by atoms with Crippen molar-refractivity contribution in [2.45, 2.75) is 57.1 Å². The Hall–Kier alpha value is -3.10. The number of carbonyl (C=O) groups is 1. The van der Waals surface area contributed by atoms with Crippen molar-refractivity contribution in [1.82, 2.24) is 4.57 Å². The summed E-state index contributed by atoms with van der Waals surface area (Å²) in [6, 6.07) is 20.7. The minimum absolute atomic E-state index is 0.0973. The highest BCUT2D eigenvalue weighted by atomic mass is 16.5. The molecule has 0 N–H and O–H groups in total. The first-order valence-corrected chi connectivity index (χ1v) is 11.8. The maximum absolute atomic E-state index is 13.7. The average molecular weight is 442 g/mol. The number of amides is 1. The van der Waals surface area contributed by atoms with Crippen LogP contribution in [0.15, 0.2) is 54.6 Å². The van der Waals surface area contributed by atoms with E-state index in [-0.39, 0.29) is 17.4 Å². The van der Waals surface area contributed by atoms with Gasteiger partial charge in [-0.2, -0.15) is 5.26 Å². The van der Waals surface area contributed by atoms with Gasteiger partial charge >= 0.3 is 0 Å². The van der Waals surface area contributed by atoms with E-state index in [1.54, 1.807) is 11.9 Å². The lowest BCUT2D eigenvalue weighted by Gasteiger charge is -2.35. The number of hydrogen-bond donors (Lipinski definition) is 0. The number of anilines is 1. The summed E-state index contributed by atoms with van der Waals surface area (Å²) in [6.07, 6.45) is 2.73. The van der Waals surface area contributed by atoms with Crippen molar-refractivity contribution in [2.75, 3.05) is 18.6 Å². The van der Waals surface area contributed by atoms with E-state index in [0.29, 0.717) is 11.6 Å². The van der Waals surface area contributed by atoms with E-state index in [4.69, 9.17) is 4.74 Å². The molecule has 1 aliphatic carbocycles. The molecule has 0 spiro atoms. The normalized spacial score (nSPS) is 26.0. The van der Waals surface area contributed by atoms with Gasteiger partial charge in [0, 0.05) is 24.7 Å². The van der Waals surface area contributed by atoms with Gasteiger partial charge in [-0.15, -0.1) is 0 Å². The Kier molecular flexibility index (Phi) is 5.10. The van der Waals surface area contributed by atoms with Gasteiger partial charge in [0.1, 0.15) is 11.2 Å². The number of carbonyl (C=O) groups excluding carboxylic acids is 1. The SMILES string of the molecule is C[C@H]1C[C@@]1(C#N)n1c(C(=O)N(C)c2ccccc2)cc2cc([C@H]3CCOC(C)(C)C3)ccc21. The highest BCUT2D eigenvalue weighted by Gasteiger charge is 2.55. The lowest BCUT2D eigenvalue weighted by molar-refractivity contribution is -0.0592. The first-order chi connectivity index (χ1) is 15.8. The van der Waals surface area contributed by atoms with Crippen LogP contribution in [0.3, 0.4) is 0 Å². The quantitative estimate of drug-likeness (QED) is 0.510. The molecule has 33 heavy (non-hydrogen) atoms. The average Bonchev–Trinajstić information content (AvgIpc) is 3.32. The molecular weight excluding hydrogens is 410 g/mol. The number of aromatic nitrogens is 1. The Balaban J connectivity index is 1.61. The summed E-state index contributed by atoms with van der Waals surface area (Å²) in [5.41, 5.74) is 2.86. The number of nitriles is 1. The van der Waals surface area contributed by atoms with Crippen LogP contribution in [0.5, 0.6) is 0 Å². The molecule has 2 aromatic carbocycles. The van der Waals surface area contributed by atoms with Gasteiger partial charge in [-0.1, -0.05) is 31.2 Å². The zero-order valence-electron chi connectivity index (χ0n) is 19.8. The molecule has 0 unspecified atom stereocenters. The molecule has 5 heteroatoms. The molecule has 2 heterocycles. The van der Waals surface area contributed by atoms with Crippen molar-refractivity contribution < 1.29 is 9.53 Å². The van der Waals surface area contributed by atoms with Crippen LogP contribution in [0.1, 0.15) is 62.0 Å². The molecule has 2 fully saturated rings. The molecule has 1 saturated heterocycles. The molecule has 1 aliphatic heterocycles. The molecule has 0 bridgehead atoms. The Labute approximate surface area is 195 Å². The summed E-state index contributed by atoms with van der Waals surface area (Å²) in [6.45, 7) is 7.14. The van der Waals surface area contributed by atoms with Crippen LogP contribution in [0.2, 0.25) is 0 Å². The first-order valence-electron chi connectivity index (χ1n) is 11.8. The molecule has 2 aliphatic rings. The van der Waals surface area contributed by atoms with Crippen molar-refractivity contribution >= 4 is 22.5 Å². The van der Waals surface area contributed by atoms with Crippen LogP contribution in [0.4, 0.5) is 5.69 Å². The van der Waals surface area contributed by atoms with Gasteiger partial charge in [-0.05, 0) is 80.8 Å². The maximum atomic E-state index is 13.7. The topological polar surface area (TPSA) is 58.3 Å². The predicted octanol–water partition coefficient (Wildman–Crippen LogP) is 5.85. The van der Waals surface area contributed by atoms with E-state index in [9.17, 15) is 10.1 Å². The van der Waals surface area contributed by atoms with E-state index in [2.05, 4.69) is 45.0 Å².